The van der Waals surface area contributed by atoms with Crippen LogP contribution in [0.3, 0.4) is 0 Å². The molecule has 0 atom stereocenters. The van der Waals surface area contributed by atoms with Crippen LogP contribution in [0.25, 0.3) is 0 Å². The zero-order chi connectivity index (χ0) is 16.8. The number of benzene rings is 1. The van der Waals surface area contributed by atoms with Crippen molar-refractivity contribution in [2.24, 2.45) is 0 Å². The third-order valence-electron chi connectivity index (χ3n) is 4.91. The van der Waals surface area contributed by atoms with Crippen LogP contribution in [0.2, 0.25) is 0 Å². The molecule has 0 bridgehead atoms. The molecule has 24 heavy (non-hydrogen) atoms. The van der Waals surface area contributed by atoms with Gasteiger partial charge in [-0.15, -0.1) is 0 Å². The van der Waals surface area contributed by atoms with Gasteiger partial charge in [0.25, 0.3) is 0 Å². The molecule has 6 heteroatoms. The number of carbonyl (C=O) groups is 1. The summed E-state index contributed by atoms with van der Waals surface area (Å²) in [4.78, 5) is 12.6. The summed E-state index contributed by atoms with van der Waals surface area (Å²) in [5, 5.41) is 2.95. The number of nitrogens with zero attached hydrogens (tertiary/aromatic N) is 2. The van der Waals surface area contributed by atoms with Crippen molar-refractivity contribution < 1.29 is 9.36 Å². The number of rotatable bonds is 5. The van der Waals surface area contributed by atoms with E-state index in [0.717, 1.165) is 57.4 Å². The van der Waals surface area contributed by atoms with Crippen LogP contribution >= 0.6 is 7.59 Å². The number of carbonyl (C=O) groups excluding carboxylic acids is 1. The lowest BCUT2D eigenvalue weighted by Gasteiger charge is -2.42. The van der Waals surface area contributed by atoms with Crippen LogP contribution in [0.1, 0.15) is 44.1 Å². The van der Waals surface area contributed by atoms with E-state index in [9.17, 15) is 9.36 Å². The molecule has 0 aliphatic carbocycles. The van der Waals surface area contributed by atoms with Crippen LogP contribution < -0.4 is 5.09 Å². The van der Waals surface area contributed by atoms with Gasteiger partial charge in [0, 0.05) is 26.2 Å². The highest BCUT2D eigenvalue weighted by Gasteiger charge is 2.39. The molecule has 1 aromatic rings. The van der Waals surface area contributed by atoms with Gasteiger partial charge in [0.2, 0.25) is 5.91 Å². The van der Waals surface area contributed by atoms with Crippen molar-refractivity contribution >= 4 is 13.5 Å². The Morgan fingerprint density at radius 1 is 0.875 bits per heavy atom. The maximum atomic E-state index is 13.8. The molecule has 2 fully saturated rings. The number of nitrogens with one attached hydrogen (secondary N) is 1. The summed E-state index contributed by atoms with van der Waals surface area (Å²) in [6, 6.07) is 9.67. The third kappa shape index (κ3) is 4.27. The minimum atomic E-state index is -3.00. The van der Waals surface area contributed by atoms with E-state index in [1.807, 2.05) is 39.7 Å². The number of hydrogen-bond donors (Lipinski definition) is 1. The molecular formula is C18H28N3O2P. The molecule has 1 amide bonds. The van der Waals surface area contributed by atoms with E-state index in [0.29, 0.717) is 0 Å². The van der Waals surface area contributed by atoms with Crippen LogP contribution in [0.4, 0.5) is 0 Å². The lowest BCUT2D eigenvalue weighted by molar-refractivity contribution is -0.119. The van der Waals surface area contributed by atoms with Crippen molar-refractivity contribution in [1.82, 2.24) is 14.4 Å². The molecule has 0 saturated carbocycles. The topological polar surface area (TPSA) is 52.7 Å². The highest BCUT2D eigenvalue weighted by atomic mass is 31.2. The summed E-state index contributed by atoms with van der Waals surface area (Å²) in [6.45, 7) is 3.28. The van der Waals surface area contributed by atoms with Crippen molar-refractivity contribution in [3.63, 3.8) is 0 Å². The maximum Gasteiger partial charge on any atom is 0.310 e. The molecule has 0 radical (unpaired) electrons. The van der Waals surface area contributed by atoms with Gasteiger partial charge in [-0.05, 0) is 31.2 Å². The fourth-order valence-corrected chi connectivity index (χ4v) is 6.29. The second-order valence-corrected chi connectivity index (χ2v) is 9.21. The van der Waals surface area contributed by atoms with Gasteiger partial charge in [-0.2, -0.15) is 0 Å². The molecule has 0 spiro atoms. The quantitative estimate of drug-likeness (QED) is 0.828. The SMILES string of the molecule is O=C(Cc1ccccc1)NP(=O)(N1CCCCC1)N1CCCCC1. The normalized spacial score (nSPS) is 20.7. The zero-order valence-corrected chi connectivity index (χ0v) is 15.2. The summed E-state index contributed by atoms with van der Waals surface area (Å²) in [5.74, 6) is -0.138. The predicted octanol–water partition coefficient (Wildman–Crippen LogP) is 3.43. The lowest BCUT2D eigenvalue weighted by Crippen LogP contribution is -2.44. The molecule has 2 heterocycles. The Labute approximate surface area is 144 Å². The van der Waals surface area contributed by atoms with Crippen molar-refractivity contribution in [3.05, 3.63) is 35.9 Å². The molecule has 2 aliphatic rings. The van der Waals surface area contributed by atoms with E-state index in [-0.39, 0.29) is 12.3 Å². The van der Waals surface area contributed by atoms with Crippen molar-refractivity contribution in [2.75, 3.05) is 26.2 Å². The summed E-state index contributed by atoms with van der Waals surface area (Å²) in [6.07, 6.45) is 6.91. The van der Waals surface area contributed by atoms with E-state index in [1.165, 1.54) is 12.8 Å². The molecule has 0 aromatic heterocycles. The number of amides is 1. The summed E-state index contributed by atoms with van der Waals surface area (Å²) < 4.78 is 17.9. The second-order valence-electron chi connectivity index (χ2n) is 6.77. The minimum Gasteiger partial charge on any atom is -0.282 e. The fourth-order valence-electron chi connectivity index (χ4n) is 3.60. The molecule has 2 saturated heterocycles. The third-order valence-corrected chi connectivity index (χ3v) is 7.78. The second kappa shape index (κ2) is 8.28. The number of piperidine rings is 2. The first-order valence-electron chi connectivity index (χ1n) is 9.14. The Kier molecular flexibility index (Phi) is 6.09. The van der Waals surface area contributed by atoms with Gasteiger partial charge in [0.1, 0.15) is 0 Å². The summed E-state index contributed by atoms with van der Waals surface area (Å²) >= 11 is 0. The average Bonchev–Trinajstić information content (AvgIpc) is 2.64. The van der Waals surface area contributed by atoms with Gasteiger partial charge in [-0.1, -0.05) is 43.2 Å². The average molecular weight is 349 g/mol. The van der Waals surface area contributed by atoms with Crippen LogP contribution in [0, 0.1) is 0 Å². The van der Waals surface area contributed by atoms with Crippen LogP contribution in [0.15, 0.2) is 30.3 Å². The Morgan fingerprint density at radius 3 is 1.88 bits per heavy atom. The van der Waals surface area contributed by atoms with E-state index in [2.05, 4.69) is 5.09 Å². The molecule has 0 unspecified atom stereocenters. The predicted molar refractivity (Wildman–Crippen MR) is 96.7 cm³/mol. The Balaban J connectivity index is 1.73. The van der Waals surface area contributed by atoms with Gasteiger partial charge >= 0.3 is 7.59 Å². The van der Waals surface area contributed by atoms with E-state index < -0.39 is 7.59 Å². The van der Waals surface area contributed by atoms with Gasteiger partial charge in [0.15, 0.2) is 0 Å². The molecular weight excluding hydrogens is 321 g/mol. The lowest BCUT2D eigenvalue weighted by atomic mass is 10.1. The van der Waals surface area contributed by atoms with Crippen LogP contribution in [0.5, 0.6) is 0 Å². The highest BCUT2D eigenvalue weighted by molar-refractivity contribution is 7.57. The van der Waals surface area contributed by atoms with Gasteiger partial charge in [0.05, 0.1) is 6.42 Å². The van der Waals surface area contributed by atoms with Crippen LogP contribution in [-0.2, 0) is 15.8 Å². The molecule has 1 N–H and O–H groups in total. The van der Waals surface area contributed by atoms with Gasteiger partial charge < -0.3 is 0 Å². The van der Waals surface area contributed by atoms with Crippen molar-refractivity contribution in [3.8, 4) is 0 Å². The van der Waals surface area contributed by atoms with Gasteiger partial charge in [-0.3, -0.25) is 14.4 Å². The van der Waals surface area contributed by atoms with E-state index in [4.69, 9.17) is 0 Å². The summed E-state index contributed by atoms with van der Waals surface area (Å²) in [5.41, 5.74) is 0.957. The fraction of sp³-hybridized carbons (Fsp3) is 0.611. The van der Waals surface area contributed by atoms with Crippen LogP contribution in [-0.4, -0.2) is 41.4 Å². The molecule has 132 valence electrons. The smallest absolute Gasteiger partial charge is 0.282 e. The first kappa shape index (κ1) is 17.7. The molecule has 3 rings (SSSR count). The zero-order valence-electron chi connectivity index (χ0n) is 14.3. The van der Waals surface area contributed by atoms with E-state index >= 15 is 0 Å². The first-order valence-corrected chi connectivity index (χ1v) is 10.8. The maximum absolute atomic E-state index is 13.8. The molecule has 5 nitrogen and oxygen atoms in total. The first-order chi connectivity index (χ1) is 11.7. The summed E-state index contributed by atoms with van der Waals surface area (Å²) in [7, 11) is -3.00. The largest absolute Gasteiger partial charge is 0.310 e. The van der Waals surface area contributed by atoms with Gasteiger partial charge in [-0.25, -0.2) is 9.34 Å². The standard InChI is InChI=1S/C18H28N3O2P/c22-18(16-17-10-4-1-5-11-17)19-24(23,20-12-6-2-7-13-20)21-14-8-3-9-15-21/h1,4-5,10-11H,2-3,6-9,12-16H2,(H,19,22,23). The Bertz CT molecular complexity index is 559. The minimum absolute atomic E-state index is 0.138. The Hall–Kier alpha value is -1.16. The highest BCUT2D eigenvalue weighted by Crippen LogP contribution is 2.51. The Morgan fingerprint density at radius 2 is 1.38 bits per heavy atom. The molecule has 1 aromatic carbocycles. The van der Waals surface area contributed by atoms with Crippen molar-refractivity contribution in [2.45, 2.75) is 44.9 Å². The monoisotopic (exact) mass is 349 g/mol. The molecule has 2 aliphatic heterocycles. The van der Waals surface area contributed by atoms with E-state index in [1.54, 1.807) is 0 Å². The number of hydrogen-bond acceptors (Lipinski definition) is 2. The van der Waals surface area contributed by atoms with Crippen molar-refractivity contribution in [1.29, 1.82) is 0 Å².